The highest BCUT2D eigenvalue weighted by atomic mass is 19.4. The summed E-state index contributed by atoms with van der Waals surface area (Å²) in [5.41, 5.74) is -1.56. The van der Waals surface area contributed by atoms with Gasteiger partial charge in [0, 0.05) is 19.1 Å². The molecule has 1 fully saturated rings. The van der Waals surface area contributed by atoms with E-state index in [-0.39, 0.29) is 6.54 Å². The summed E-state index contributed by atoms with van der Waals surface area (Å²) in [5.74, 6) is -0.835. The molecule has 0 saturated carbocycles. The number of rotatable bonds is 6. The monoisotopic (exact) mass is 348 g/mol. The lowest BCUT2D eigenvalue weighted by Gasteiger charge is -2.15. The predicted octanol–water partition coefficient (Wildman–Crippen LogP) is 2.05. The first kappa shape index (κ1) is 18.1. The van der Waals surface area contributed by atoms with E-state index in [1.54, 1.807) is 13.8 Å². The number of carbonyl (C=O) groups is 2. The first-order valence-corrected chi connectivity index (χ1v) is 7.56. The van der Waals surface area contributed by atoms with Gasteiger partial charge in [0.1, 0.15) is 6.61 Å². The highest BCUT2D eigenvalue weighted by molar-refractivity contribution is 5.95. The van der Waals surface area contributed by atoms with Gasteiger partial charge >= 0.3 is 12.3 Å². The lowest BCUT2D eigenvalue weighted by Crippen LogP contribution is -2.31. The zero-order valence-electron chi connectivity index (χ0n) is 13.4. The van der Waals surface area contributed by atoms with Gasteiger partial charge in [-0.3, -0.25) is 9.48 Å². The molecule has 1 saturated heterocycles. The Balaban J connectivity index is 1.96. The van der Waals surface area contributed by atoms with Crippen molar-refractivity contribution in [2.24, 2.45) is 0 Å². The van der Waals surface area contributed by atoms with Gasteiger partial charge in [-0.2, -0.15) is 18.3 Å². The van der Waals surface area contributed by atoms with Crippen LogP contribution >= 0.6 is 0 Å². The van der Waals surface area contributed by atoms with Gasteiger partial charge in [-0.1, -0.05) is 0 Å². The van der Waals surface area contributed by atoms with Crippen molar-refractivity contribution < 1.29 is 27.5 Å². The van der Waals surface area contributed by atoms with Gasteiger partial charge in [-0.25, -0.2) is 4.79 Å². The van der Waals surface area contributed by atoms with E-state index in [2.05, 4.69) is 10.4 Å². The van der Waals surface area contributed by atoms with Crippen LogP contribution in [0.3, 0.4) is 0 Å². The van der Waals surface area contributed by atoms with Crippen LogP contribution in [0.15, 0.2) is 6.20 Å². The average Bonchev–Trinajstić information content (AvgIpc) is 3.09. The van der Waals surface area contributed by atoms with Crippen LogP contribution in [-0.2, 0) is 10.9 Å². The molecule has 1 N–H and O–H groups in total. The maximum Gasteiger partial charge on any atom is 0.433 e. The number of hydrogen-bond acceptors (Lipinski definition) is 4. The van der Waals surface area contributed by atoms with E-state index in [0.29, 0.717) is 26.1 Å². The molecule has 0 bridgehead atoms. The maximum absolute atomic E-state index is 13.2. The average molecular weight is 348 g/mol. The Morgan fingerprint density at radius 2 is 2.17 bits per heavy atom. The standard InChI is InChI=1S/C14H19F3N4O3/c1-9(2)21-11(14(15,16)17)10(8-19-21)12(22)18-4-3-5-20-6-7-24-13(20)23/h8-9H,3-7H2,1-2H3,(H,18,22). The summed E-state index contributed by atoms with van der Waals surface area (Å²) in [6.07, 6.45) is -3.75. The van der Waals surface area contributed by atoms with Gasteiger partial charge in [0.15, 0.2) is 5.69 Å². The van der Waals surface area contributed by atoms with Crippen molar-refractivity contribution >= 4 is 12.0 Å². The molecule has 24 heavy (non-hydrogen) atoms. The third-order valence-corrected chi connectivity index (χ3v) is 3.53. The van der Waals surface area contributed by atoms with E-state index in [9.17, 15) is 22.8 Å². The van der Waals surface area contributed by atoms with Gasteiger partial charge in [0.25, 0.3) is 5.91 Å². The molecule has 7 nitrogen and oxygen atoms in total. The molecule has 0 unspecified atom stereocenters. The molecule has 1 aromatic rings. The molecule has 0 atom stereocenters. The minimum Gasteiger partial charge on any atom is -0.448 e. The Kier molecular flexibility index (Phi) is 5.35. The molecule has 0 aliphatic carbocycles. The summed E-state index contributed by atoms with van der Waals surface area (Å²) >= 11 is 0. The maximum atomic E-state index is 13.2. The summed E-state index contributed by atoms with van der Waals surface area (Å²) in [7, 11) is 0. The second-order valence-electron chi connectivity index (χ2n) is 5.65. The largest absolute Gasteiger partial charge is 0.448 e. The quantitative estimate of drug-likeness (QED) is 0.799. The smallest absolute Gasteiger partial charge is 0.433 e. The highest BCUT2D eigenvalue weighted by Crippen LogP contribution is 2.33. The Hall–Kier alpha value is -2.26. The number of nitrogens with zero attached hydrogens (tertiary/aromatic N) is 3. The van der Waals surface area contributed by atoms with Gasteiger partial charge in [-0.05, 0) is 20.3 Å². The molecule has 1 aliphatic heterocycles. The molecule has 0 aromatic carbocycles. The summed E-state index contributed by atoms with van der Waals surface area (Å²) in [5, 5.41) is 6.10. The van der Waals surface area contributed by atoms with Crippen LogP contribution in [0.2, 0.25) is 0 Å². The normalized spacial score (nSPS) is 15.1. The minimum atomic E-state index is -4.67. The van der Waals surface area contributed by atoms with Crippen molar-refractivity contribution in [2.45, 2.75) is 32.5 Å². The van der Waals surface area contributed by atoms with Crippen molar-refractivity contribution in [3.8, 4) is 0 Å². The fourth-order valence-electron chi connectivity index (χ4n) is 2.40. The number of halogens is 3. The first-order valence-electron chi connectivity index (χ1n) is 7.56. The molecule has 134 valence electrons. The van der Waals surface area contributed by atoms with Crippen LogP contribution < -0.4 is 5.32 Å². The van der Waals surface area contributed by atoms with Gasteiger partial charge < -0.3 is 15.0 Å². The second-order valence-corrected chi connectivity index (χ2v) is 5.65. The van der Waals surface area contributed by atoms with Crippen LogP contribution in [0.1, 0.15) is 42.4 Å². The molecule has 1 aromatic heterocycles. The van der Waals surface area contributed by atoms with Crippen LogP contribution in [0.4, 0.5) is 18.0 Å². The van der Waals surface area contributed by atoms with E-state index >= 15 is 0 Å². The number of nitrogens with one attached hydrogen (secondary N) is 1. The third kappa shape index (κ3) is 3.98. The molecule has 2 amide bonds. The van der Waals surface area contributed by atoms with Gasteiger partial charge in [0.05, 0.1) is 18.3 Å². The van der Waals surface area contributed by atoms with Crippen molar-refractivity contribution in [3.63, 3.8) is 0 Å². The van der Waals surface area contributed by atoms with Crippen LogP contribution in [-0.4, -0.2) is 52.9 Å². The molecule has 0 radical (unpaired) electrons. The van der Waals surface area contributed by atoms with E-state index in [0.717, 1.165) is 10.9 Å². The van der Waals surface area contributed by atoms with Crippen LogP contribution in [0.25, 0.3) is 0 Å². The fraction of sp³-hybridized carbons (Fsp3) is 0.643. The minimum absolute atomic E-state index is 0.146. The van der Waals surface area contributed by atoms with Crippen LogP contribution in [0.5, 0.6) is 0 Å². The summed E-state index contributed by atoms with van der Waals surface area (Å²) in [6.45, 7) is 4.43. The molecule has 2 rings (SSSR count). The summed E-state index contributed by atoms with van der Waals surface area (Å²) in [6, 6.07) is -0.524. The predicted molar refractivity (Wildman–Crippen MR) is 77.5 cm³/mol. The van der Waals surface area contributed by atoms with Crippen molar-refractivity contribution in [1.29, 1.82) is 0 Å². The first-order chi connectivity index (χ1) is 11.2. The van der Waals surface area contributed by atoms with Crippen molar-refractivity contribution in [1.82, 2.24) is 20.0 Å². The molecular formula is C14H19F3N4O3. The Morgan fingerprint density at radius 1 is 1.46 bits per heavy atom. The molecule has 0 spiro atoms. The van der Waals surface area contributed by atoms with E-state index in [1.165, 1.54) is 4.90 Å². The molecule has 1 aliphatic rings. The highest BCUT2D eigenvalue weighted by Gasteiger charge is 2.40. The third-order valence-electron chi connectivity index (χ3n) is 3.53. The van der Waals surface area contributed by atoms with E-state index in [4.69, 9.17) is 4.74 Å². The summed E-state index contributed by atoms with van der Waals surface area (Å²) in [4.78, 5) is 24.7. The summed E-state index contributed by atoms with van der Waals surface area (Å²) < 4.78 is 45.1. The van der Waals surface area contributed by atoms with Crippen molar-refractivity contribution in [2.75, 3.05) is 26.2 Å². The number of aromatic nitrogens is 2. The molecular weight excluding hydrogens is 329 g/mol. The van der Waals surface area contributed by atoms with E-state index < -0.39 is 35.5 Å². The Bertz CT molecular complexity index is 613. The number of hydrogen-bond donors (Lipinski definition) is 1. The number of carbonyl (C=O) groups excluding carboxylic acids is 2. The number of alkyl halides is 3. The number of amides is 2. The van der Waals surface area contributed by atoms with Gasteiger partial charge in [0.2, 0.25) is 0 Å². The van der Waals surface area contributed by atoms with Gasteiger partial charge in [-0.15, -0.1) is 0 Å². The number of cyclic esters (lactones) is 1. The van der Waals surface area contributed by atoms with Crippen LogP contribution in [0, 0.1) is 0 Å². The van der Waals surface area contributed by atoms with E-state index in [1.807, 2.05) is 0 Å². The SMILES string of the molecule is CC(C)n1ncc(C(=O)NCCCN2CCOC2=O)c1C(F)(F)F. The zero-order chi connectivity index (χ0) is 17.9. The number of ether oxygens (including phenoxy) is 1. The molecule has 2 heterocycles. The zero-order valence-corrected chi connectivity index (χ0v) is 13.4. The topological polar surface area (TPSA) is 76.5 Å². The molecule has 10 heteroatoms. The Labute approximate surface area is 136 Å². The fourth-order valence-corrected chi connectivity index (χ4v) is 2.40. The van der Waals surface area contributed by atoms with Crippen molar-refractivity contribution in [3.05, 3.63) is 17.5 Å². The second kappa shape index (κ2) is 7.10. The lowest BCUT2D eigenvalue weighted by atomic mass is 10.2. The Morgan fingerprint density at radius 3 is 2.71 bits per heavy atom. The lowest BCUT2D eigenvalue weighted by molar-refractivity contribution is -0.145.